The number of pyridine rings is 1. The van der Waals surface area contributed by atoms with Crippen LogP contribution in [0.5, 0.6) is 0 Å². The number of hydrogen-bond acceptors (Lipinski definition) is 4. The molecule has 1 heterocycles. The summed E-state index contributed by atoms with van der Waals surface area (Å²) in [7, 11) is 0. The Kier molecular flexibility index (Phi) is 4.63. The fourth-order valence-corrected chi connectivity index (χ4v) is 1.40. The highest BCUT2D eigenvalue weighted by atomic mass is 16.5. The van der Waals surface area contributed by atoms with Crippen molar-refractivity contribution in [2.75, 3.05) is 6.61 Å². The van der Waals surface area contributed by atoms with E-state index in [1.54, 1.807) is 26.0 Å². The minimum atomic E-state index is -0.557. The van der Waals surface area contributed by atoms with Crippen molar-refractivity contribution in [3.8, 4) is 0 Å². The second-order valence-electron chi connectivity index (χ2n) is 3.64. The highest BCUT2D eigenvalue weighted by Crippen LogP contribution is 1.94. The average Bonchev–Trinajstić information content (AvgIpc) is 2.25. The molecular weight excluding hydrogens is 222 g/mol. The number of ketones is 1. The summed E-state index contributed by atoms with van der Waals surface area (Å²) in [5, 5.41) is 0. The van der Waals surface area contributed by atoms with E-state index < -0.39 is 5.97 Å². The van der Waals surface area contributed by atoms with Crippen LogP contribution in [0.1, 0.15) is 18.9 Å². The smallest absolute Gasteiger partial charge is 0.313 e. The first kappa shape index (κ1) is 13.2. The van der Waals surface area contributed by atoms with Gasteiger partial charge in [0.25, 0.3) is 5.56 Å². The number of ether oxygens (including phenoxy) is 1. The third-order valence-electron chi connectivity index (χ3n) is 2.20. The Labute approximate surface area is 99.0 Å². The minimum absolute atomic E-state index is 0.0979. The van der Waals surface area contributed by atoms with Crippen molar-refractivity contribution in [3.05, 3.63) is 34.2 Å². The lowest BCUT2D eigenvalue weighted by Crippen LogP contribution is -2.26. The predicted octanol–water partition coefficient (Wildman–Crippen LogP) is 0.679. The molecule has 0 atom stereocenters. The monoisotopic (exact) mass is 237 g/mol. The van der Waals surface area contributed by atoms with Crippen LogP contribution in [0.4, 0.5) is 0 Å². The summed E-state index contributed by atoms with van der Waals surface area (Å²) in [6.07, 6.45) is 1.23. The van der Waals surface area contributed by atoms with Gasteiger partial charge in [-0.25, -0.2) is 0 Å². The fraction of sp³-hybridized carbons (Fsp3) is 0.417. The Hall–Kier alpha value is -1.91. The Morgan fingerprint density at radius 2 is 2.12 bits per heavy atom. The molecule has 0 unspecified atom stereocenters. The number of nitrogens with zero attached hydrogens (tertiary/aromatic N) is 1. The number of esters is 1. The molecule has 0 N–H and O–H groups in total. The average molecular weight is 237 g/mol. The number of carbonyl (C=O) groups excluding carboxylic acids is 2. The fourth-order valence-electron chi connectivity index (χ4n) is 1.40. The van der Waals surface area contributed by atoms with E-state index in [0.29, 0.717) is 5.56 Å². The van der Waals surface area contributed by atoms with Crippen LogP contribution in [-0.4, -0.2) is 22.9 Å². The third-order valence-corrected chi connectivity index (χ3v) is 2.20. The summed E-state index contributed by atoms with van der Waals surface area (Å²) in [5.74, 6) is -0.894. The van der Waals surface area contributed by atoms with Crippen molar-refractivity contribution < 1.29 is 14.3 Å². The second kappa shape index (κ2) is 5.98. The van der Waals surface area contributed by atoms with Gasteiger partial charge in [0.1, 0.15) is 6.42 Å². The van der Waals surface area contributed by atoms with Crippen molar-refractivity contribution in [2.45, 2.75) is 26.8 Å². The molecule has 1 rings (SSSR count). The topological polar surface area (TPSA) is 65.4 Å². The van der Waals surface area contributed by atoms with E-state index in [4.69, 9.17) is 0 Å². The normalized spacial score (nSPS) is 10.0. The molecule has 0 saturated carbocycles. The van der Waals surface area contributed by atoms with Crippen molar-refractivity contribution in [2.24, 2.45) is 0 Å². The molecule has 0 amide bonds. The van der Waals surface area contributed by atoms with Crippen LogP contribution in [-0.2, 0) is 20.9 Å². The summed E-state index contributed by atoms with van der Waals surface area (Å²) >= 11 is 0. The Morgan fingerprint density at radius 1 is 1.41 bits per heavy atom. The summed E-state index contributed by atoms with van der Waals surface area (Å²) in [6.45, 7) is 3.50. The number of carbonyl (C=O) groups is 2. The first-order chi connectivity index (χ1) is 8.04. The molecule has 0 aromatic carbocycles. The Morgan fingerprint density at radius 3 is 2.76 bits per heavy atom. The summed E-state index contributed by atoms with van der Waals surface area (Å²) < 4.78 is 5.95. The molecular formula is C12H15NO4. The van der Waals surface area contributed by atoms with Crippen LogP contribution in [0.25, 0.3) is 0 Å². The van der Waals surface area contributed by atoms with Gasteiger partial charge in [0, 0.05) is 11.8 Å². The van der Waals surface area contributed by atoms with E-state index in [1.165, 1.54) is 10.8 Å². The lowest BCUT2D eigenvalue weighted by Gasteiger charge is -2.05. The zero-order chi connectivity index (χ0) is 12.8. The number of aromatic nitrogens is 1. The zero-order valence-electron chi connectivity index (χ0n) is 9.93. The molecule has 0 aliphatic rings. The maximum atomic E-state index is 11.6. The second-order valence-corrected chi connectivity index (χ2v) is 3.64. The standard InChI is InChI=1S/C12H15NO4/c1-3-17-11(15)7-10(14)8-13-6-4-5-9(2)12(13)16/h4-6H,3,7-8H2,1-2H3. The Balaban J connectivity index is 2.66. The molecule has 0 radical (unpaired) electrons. The van der Waals surface area contributed by atoms with E-state index in [9.17, 15) is 14.4 Å². The van der Waals surface area contributed by atoms with Crippen LogP contribution in [0, 0.1) is 6.92 Å². The van der Waals surface area contributed by atoms with Gasteiger partial charge in [-0.3, -0.25) is 14.4 Å². The Bertz CT molecular complexity index is 476. The van der Waals surface area contributed by atoms with Gasteiger partial charge in [-0.1, -0.05) is 6.07 Å². The summed E-state index contributed by atoms with van der Waals surface area (Å²) in [4.78, 5) is 34.2. The van der Waals surface area contributed by atoms with Gasteiger partial charge >= 0.3 is 5.97 Å². The molecule has 92 valence electrons. The van der Waals surface area contributed by atoms with Gasteiger partial charge in [-0.2, -0.15) is 0 Å². The van der Waals surface area contributed by atoms with E-state index in [2.05, 4.69) is 4.74 Å². The molecule has 1 aromatic heterocycles. The van der Waals surface area contributed by atoms with Crippen LogP contribution in [0.15, 0.2) is 23.1 Å². The van der Waals surface area contributed by atoms with Gasteiger partial charge in [-0.15, -0.1) is 0 Å². The summed E-state index contributed by atoms with van der Waals surface area (Å²) in [5.41, 5.74) is 0.348. The van der Waals surface area contributed by atoms with Gasteiger partial charge in [0.15, 0.2) is 5.78 Å². The summed E-state index contributed by atoms with van der Waals surface area (Å²) in [6, 6.07) is 3.36. The van der Waals surface area contributed by atoms with Crippen molar-refractivity contribution in [1.82, 2.24) is 4.57 Å². The van der Waals surface area contributed by atoms with Crippen LogP contribution in [0.2, 0.25) is 0 Å². The SMILES string of the molecule is CCOC(=O)CC(=O)Cn1cccc(C)c1=O. The van der Waals surface area contributed by atoms with Crippen molar-refractivity contribution >= 4 is 11.8 Å². The van der Waals surface area contributed by atoms with Gasteiger partial charge in [0.2, 0.25) is 0 Å². The van der Waals surface area contributed by atoms with Gasteiger partial charge in [0.05, 0.1) is 13.2 Å². The molecule has 1 aromatic rings. The van der Waals surface area contributed by atoms with Gasteiger partial charge in [-0.05, 0) is 19.9 Å². The maximum Gasteiger partial charge on any atom is 0.313 e. The number of Topliss-reactive ketones (excluding diaryl/α,β-unsaturated/α-hetero) is 1. The molecule has 0 saturated heterocycles. The largest absolute Gasteiger partial charge is 0.466 e. The molecule has 0 fully saturated rings. The molecule has 0 spiro atoms. The minimum Gasteiger partial charge on any atom is -0.466 e. The van der Waals surface area contributed by atoms with Crippen LogP contribution in [0.3, 0.4) is 0 Å². The van der Waals surface area contributed by atoms with E-state index in [1.807, 2.05) is 0 Å². The first-order valence-electron chi connectivity index (χ1n) is 5.38. The van der Waals surface area contributed by atoms with E-state index in [-0.39, 0.29) is 30.9 Å². The lowest BCUT2D eigenvalue weighted by molar-refractivity contribution is -0.145. The van der Waals surface area contributed by atoms with Crippen molar-refractivity contribution in [1.29, 1.82) is 0 Å². The van der Waals surface area contributed by atoms with Gasteiger partial charge < -0.3 is 9.30 Å². The number of hydrogen-bond donors (Lipinski definition) is 0. The highest BCUT2D eigenvalue weighted by molar-refractivity contribution is 5.95. The number of rotatable bonds is 5. The molecule has 5 heteroatoms. The first-order valence-corrected chi connectivity index (χ1v) is 5.38. The maximum absolute atomic E-state index is 11.6. The van der Waals surface area contributed by atoms with E-state index >= 15 is 0 Å². The predicted molar refractivity (Wildman–Crippen MR) is 61.7 cm³/mol. The lowest BCUT2D eigenvalue weighted by atomic mass is 10.2. The van der Waals surface area contributed by atoms with Crippen molar-refractivity contribution in [3.63, 3.8) is 0 Å². The van der Waals surface area contributed by atoms with Crippen LogP contribution < -0.4 is 5.56 Å². The molecule has 0 bridgehead atoms. The molecule has 0 aliphatic carbocycles. The zero-order valence-corrected chi connectivity index (χ0v) is 9.93. The third kappa shape index (κ3) is 3.86. The quantitative estimate of drug-likeness (QED) is 0.558. The number of aryl methyl sites for hydroxylation is 1. The van der Waals surface area contributed by atoms with E-state index in [0.717, 1.165) is 0 Å². The van der Waals surface area contributed by atoms with Crippen LogP contribution >= 0.6 is 0 Å². The molecule has 5 nitrogen and oxygen atoms in total. The molecule has 0 aliphatic heterocycles. The highest BCUT2D eigenvalue weighted by Gasteiger charge is 2.11. The molecule has 17 heavy (non-hydrogen) atoms.